The number of benzene rings is 1. The Hall–Kier alpha value is -1.55. The third-order valence-corrected chi connectivity index (χ3v) is 4.36. The SMILES string of the molecule is C[C@H](N[C@@H](CCC(C)(C)C)C(=O)O)c1ccc2c(c1)CCCO2. The van der Waals surface area contributed by atoms with Gasteiger partial charge in [-0.15, -0.1) is 0 Å². The molecule has 1 aromatic carbocycles. The molecule has 2 rings (SSSR count). The number of rotatable bonds is 6. The molecule has 0 radical (unpaired) electrons. The van der Waals surface area contributed by atoms with Gasteiger partial charge in [0, 0.05) is 6.04 Å². The van der Waals surface area contributed by atoms with Crippen molar-refractivity contribution in [2.45, 2.75) is 65.5 Å². The lowest BCUT2D eigenvalue weighted by molar-refractivity contribution is -0.140. The molecule has 0 bridgehead atoms. The summed E-state index contributed by atoms with van der Waals surface area (Å²) in [6.07, 6.45) is 3.59. The molecular weight excluding hydrogens is 290 g/mol. The van der Waals surface area contributed by atoms with Crippen LogP contribution >= 0.6 is 0 Å². The number of carboxylic acids is 1. The molecular formula is C19H29NO3. The molecule has 2 atom stereocenters. The van der Waals surface area contributed by atoms with E-state index < -0.39 is 12.0 Å². The van der Waals surface area contributed by atoms with Gasteiger partial charge < -0.3 is 9.84 Å². The number of carbonyl (C=O) groups is 1. The molecule has 0 aliphatic carbocycles. The van der Waals surface area contributed by atoms with Gasteiger partial charge in [0.25, 0.3) is 0 Å². The van der Waals surface area contributed by atoms with Crippen LogP contribution in [0.5, 0.6) is 5.75 Å². The Morgan fingerprint density at radius 3 is 2.78 bits per heavy atom. The van der Waals surface area contributed by atoms with Crippen LogP contribution in [-0.4, -0.2) is 23.7 Å². The minimum Gasteiger partial charge on any atom is -0.493 e. The molecule has 0 fully saturated rings. The first kappa shape index (κ1) is 17.8. The normalized spacial score (nSPS) is 17.0. The van der Waals surface area contributed by atoms with E-state index >= 15 is 0 Å². The molecule has 128 valence electrons. The first-order chi connectivity index (χ1) is 10.8. The van der Waals surface area contributed by atoms with Crippen LogP contribution in [0.3, 0.4) is 0 Å². The van der Waals surface area contributed by atoms with Gasteiger partial charge in [0.05, 0.1) is 6.61 Å². The highest BCUT2D eigenvalue weighted by atomic mass is 16.5. The number of aliphatic carboxylic acids is 1. The van der Waals surface area contributed by atoms with Crippen molar-refractivity contribution < 1.29 is 14.6 Å². The first-order valence-corrected chi connectivity index (χ1v) is 8.51. The highest BCUT2D eigenvalue weighted by Crippen LogP contribution is 2.28. The van der Waals surface area contributed by atoms with Crippen LogP contribution in [0.4, 0.5) is 0 Å². The van der Waals surface area contributed by atoms with Crippen LogP contribution in [0.1, 0.15) is 64.1 Å². The van der Waals surface area contributed by atoms with E-state index in [2.05, 4.69) is 32.2 Å². The van der Waals surface area contributed by atoms with E-state index in [1.165, 1.54) is 5.56 Å². The number of nitrogens with one attached hydrogen (secondary N) is 1. The fraction of sp³-hybridized carbons (Fsp3) is 0.632. The quantitative estimate of drug-likeness (QED) is 0.834. The molecule has 2 N–H and O–H groups in total. The van der Waals surface area contributed by atoms with Crippen molar-refractivity contribution in [3.05, 3.63) is 29.3 Å². The second-order valence-electron chi connectivity index (χ2n) is 7.70. The van der Waals surface area contributed by atoms with E-state index in [1.54, 1.807) is 0 Å². The fourth-order valence-corrected chi connectivity index (χ4v) is 2.90. The maximum Gasteiger partial charge on any atom is 0.320 e. The topological polar surface area (TPSA) is 58.6 Å². The maximum absolute atomic E-state index is 11.5. The van der Waals surface area contributed by atoms with Crippen molar-refractivity contribution >= 4 is 5.97 Å². The molecule has 4 heteroatoms. The molecule has 0 spiro atoms. The summed E-state index contributed by atoms with van der Waals surface area (Å²) in [5.74, 6) is 0.192. The van der Waals surface area contributed by atoms with Gasteiger partial charge in [-0.3, -0.25) is 10.1 Å². The van der Waals surface area contributed by atoms with Crippen molar-refractivity contribution in [3.8, 4) is 5.75 Å². The number of hydrogen-bond acceptors (Lipinski definition) is 3. The van der Waals surface area contributed by atoms with E-state index in [-0.39, 0.29) is 11.5 Å². The third kappa shape index (κ3) is 5.24. The summed E-state index contributed by atoms with van der Waals surface area (Å²) in [4.78, 5) is 11.5. The summed E-state index contributed by atoms with van der Waals surface area (Å²) in [6.45, 7) is 9.23. The van der Waals surface area contributed by atoms with Gasteiger partial charge in [-0.2, -0.15) is 0 Å². The van der Waals surface area contributed by atoms with Crippen molar-refractivity contribution in [2.75, 3.05) is 6.61 Å². The monoisotopic (exact) mass is 319 g/mol. The lowest BCUT2D eigenvalue weighted by atomic mass is 9.88. The summed E-state index contributed by atoms with van der Waals surface area (Å²) in [6, 6.07) is 5.67. The Labute approximate surface area is 139 Å². The predicted molar refractivity (Wildman–Crippen MR) is 91.9 cm³/mol. The largest absolute Gasteiger partial charge is 0.493 e. The Bertz CT molecular complexity index is 548. The van der Waals surface area contributed by atoms with E-state index in [1.807, 2.05) is 19.1 Å². The standard InChI is InChI=1S/C19H29NO3/c1-13(20-16(18(21)22)9-10-19(2,3)4)14-7-8-17-15(12-14)6-5-11-23-17/h7-8,12-13,16,20H,5-6,9-11H2,1-4H3,(H,21,22)/t13-,16-/m0/s1. The summed E-state index contributed by atoms with van der Waals surface area (Å²) in [7, 11) is 0. The van der Waals surface area contributed by atoms with E-state index in [9.17, 15) is 9.90 Å². The third-order valence-electron chi connectivity index (χ3n) is 4.36. The Morgan fingerprint density at radius 2 is 2.13 bits per heavy atom. The fourth-order valence-electron chi connectivity index (χ4n) is 2.90. The predicted octanol–water partition coefficient (Wildman–Crippen LogP) is 3.94. The van der Waals surface area contributed by atoms with Gasteiger partial charge in [0.2, 0.25) is 0 Å². The minimum absolute atomic E-state index is 0.00305. The molecule has 0 unspecified atom stereocenters. The summed E-state index contributed by atoms with van der Waals surface area (Å²) < 4.78 is 5.64. The molecule has 0 aromatic heterocycles. The Kier molecular flexibility index (Phi) is 5.69. The molecule has 0 amide bonds. The summed E-state index contributed by atoms with van der Waals surface area (Å²) >= 11 is 0. The second-order valence-corrected chi connectivity index (χ2v) is 7.70. The van der Waals surface area contributed by atoms with Gasteiger partial charge in [-0.1, -0.05) is 32.9 Å². The molecule has 4 nitrogen and oxygen atoms in total. The van der Waals surface area contributed by atoms with Crippen LogP contribution in [0.25, 0.3) is 0 Å². The number of carboxylic acid groups (broad SMARTS) is 1. The van der Waals surface area contributed by atoms with Crippen molar-refractivity contribution in [3.63, 3.8) is 0 Å². The smallest absolute Gasteiger partial charge is 0.320 e. The van der Waals surface area contributed by atoms with Crippen molar-refractivity contribution in [1.29, 1.82) is 0 Å². The average molecular weight is 319 g/mol. The van der Waals surface area contributed by atoms with Crippen molar-refractivity contribution in [2.24, 2.45) is 5.41 Å². The van der Waals surface area contributed by atoms with Crippen LogP contribution in [0, 0.1) is 5.41 Å². The molecule has 1 aliphatic heterocycles. The van der Waals surface area contributed by atoms with Crippen LogP contribution < -0.4 is 10.1 Å². The molecule has 1 aromatic rings. The van der Waals surface area contributed by atoms with E-state index in [4.69, 9.17) is 4.74 Å². The van der Waals surface area contributed by atoms with Crippen LogP contribution in [0.15, 0.2) is 18.2 Å². The lowest BCUT2D eigenvalue weighted by Gasteiger charge is -2.25. The summed E-state index contributed by atoms with van der Waals surface area (Å²) in [5, 5.41) is 12.7. The molecule has 23 heavy (non-hydrogen) atoms. The zero-order chi connectivity index (χ0) is 17.0. The lowest BCUT2D eigenvalue weighted by Crippen LogP contribution is -2.39. The number of fused-ring (bicyclic) bond motifs is 1. The first-order valence-electron chi connectivity index (χ1n) is 8.51. The van der Waals surface area contributed by atoms with Crippen molar-refractivity contribution in [1.82, 2.24) is 5.32 Å². The zero-order valence-corrected chi connectivity index (χ0v) is 14.7. The number of hydrogen-bond donors (Lipinski definition) is 2. The number of aryl methyl sites for hydroxylation is 1. The van der Waals surface area contributed by atoms with Gasteiger partial charge in [0.1, 0.15) is 11.8 Å². The highest BCUT2D eigenvalue weighted by molar-refractivity contribution is 5.73. The molecule has 1 aliphatic rings. The van der Waals surface area contributed by atoms with E-state index in [0.717, 1.165) is 37.2 Å². The minimum atomic E-state index is -0.776. The van der Waals surface area contributed by atoms with Gasteiger partial charge in [0.15, 0.2) is 0 Å². The highest BCUT2D eigenvalue weighted by Gasteiger charge is 2.23. The second kappa shape index (κ2) is 7.35. The Balaban J connectivity index is 2.03. The summed E-state index contributed by atoms with van der Waals surface area (Å²) in [5.41, 5.74) is 2.49. The molecule has 1 heterocycles. The van der Waals surface area contributed by atoms with Gasteiger partial charge >= 0.3 is 5.97 Å². The van der Waals surface area contributed by atoms with Gasteiger partial charge in [-0.05, 0) is 55.2 Å². The van der Waals surface area contributed by atoms with E-state index in [0.29, 0.717) is 6.42 Å². The van der Waals surface area contributed by atoms with Crippen LogP contribution in [0.2, 0.25) is 0 Å². The molecule has 0 saturated carbocycles. The number of ether oxygens (including phenoxy) is 1. The van der Waals surface area contributed by atoms with Crippen LogP contribution in [-0.2, 0) is 11.2 Å². The average Bonchev–Trinajstić information content (AvgIpc) is 2.49. The zero-order valence-electron chi connectivity index (χ0n) is 14.7. The Morgan fingerprint density at radius 1 is 1.39 bits per heavy atom. The molecule has 0 saturated heterocycles. The maximum atomic E-state index is 11.5. The van der Waals surface area contributed by atoms with Gasteiger partial charge in [-0.25, -0.2) is 0 Å².